The lowest BCUT2D eigenvalue weighted by molar-refractivity contribution is 0.313. The number of amidine groups is 1. The maximum atomic E-state index is 8.50. The van der Waals surface area contributed by atoms with E-state index in [1.807, 2.05) is 11.8 Å². The average molecular weight is 245 g/mol. The molecule has 16 heavy (non-hydrogen) atoms. The lowest BCUT2D eigenvalue weighted by Gasteiger charge is -2.31. The topological polar surface area (TPSA) is 70.6 Å². The highest BCUT2D eigenvalue weighted by Crippen LogP contribution is 2.27. The smallest absolute Gasteiger partial charge is 0.140 e. The fourth-order valence-corrected chi connectivity index (χ4v) is 3.15. The van der Waals surface area contributed by atoms with Gasteiger partial charge in [-0.05, 0) is 32.4 Å². The number of hydrogen-bond acceptors (Lipinski definition) is 4. The van der Waals surface area contributed by atoms with Gasteiger partial charge in [0.1, 0.15) is 5.84 Å². The van der Waals surface area contributed by atoms with Crippen LogP contribution < -0.4 is 11.1 Å². The Balaban J connectivity index is 2.30. The second-order valence-electron chi connectivity index (χ2n) is 4.58. The van der Waals surface area contributed by atoms with Crippen LogP contribution in [-0.4, -0.2) is 34.6 Å². The first-order chi connectivity index (χ1) is 7.65. The highest BCUT2D eigenvalue weighted by molar-refractivity contribution is 7.99. The van der Waals surface area contributed by atoms with Crippen molar-refractivity contribution >= 4 is 17.6 Å². The monoisotopic (exact) mass is 245 g/mol. The zero-order valence-corrected chi connectivity index (χ0v) is 11.0. The second kappa shape index (κ2) is 7.01. The molecule has 1 rings (SSSR count). The molecule has 0 aromatic heterocycles. The maximum absolute atomic E-state index is 8.50. The van der Waals surface area contributed by atoms with Crippen LogP contribution in [0.25, 0.3) is 0 Å². The van der Waals surface area contributed by atoms with Crippen molar-refractivity contribution in [3.8, 4) is 0 Å². The first kappa shape index (κ1) is 13.6. The molecule has 1 fully saturated rings. The number of oxime groups is 1. The first-order valence-corrected chi connectivity index (χ1v) is 7.19. The Kier molecular flexibility index (Phi) is 5.98. The van der Waals surface area contributed by atoms with Gasteiger partial charge in [-0.1, -0.05) is 11.6 Å². The van der Waals surface area contributed by atoms with Crippen molar-refractivity contribution < 1.29 is 5.21 Å². The highest BCUT2D eigenvalue weighted by atomic mass is 32.2. The van der Waals surface area contributed by atoms with E-state index < -0.39 is 0 Å². The van der Waals surface area contributed by atoms with E-state index in [4.69, 9.17) is 10.9 Å². The van der Waals surface area contributed by atoms with Gasteiger partial charge in [0, 0.05) is 23.8 Å². The molecule has 0 amide bonds. The molecule has 0 aromatic carbocycles. The number of nitrogens with two attached hydrogens (primary N) is 1. The van der Waals surface area contributed by atoms with E-state index in [-0.39, 0.29) is 6.04 Å². The van der Waals surface area contributed by atoms with Crippen molar-refractivity contribution in [2.24, 2.45) is 10.9 Å². The Hall–Kier alpha value is -0.420. The molecule has 94 valence electrons. The van der Waals surface area contributed by atoms with Crippen molar-refractivity contribution in [3.05, 3.63) is 0 Å². The molecule has 0 saturated heterocycles. The van der Waals surface area contributed by atoms with Gasteiger partial charge >= 0.3 is 0 Å². The lowest BCUT2D eigenvalue weighted by Crippen LogP contribution is -2.42. The molecule has 1 aliphatic rings. The summed E-state index contributed by atoms with van der Waals surface area (Å²) in [5, 5.41) is 15.9. The standard InChI is InChI=1S/C11H23N3OS/c1-8(6-11(12)14-15)13-9-4-3-5-10(7-9)16-2/h8-10,13,15H,3-7H2,1-2H3,(H2,12,14). The van der Waals surface area contributed by atoms with Crippen LogP contribution >= 0.6 is 11.8 Å². The van der Waals surface area contributed by atoms with Crippen LogP contribution in [0.4, 0.5) is 0 Å². The van der Waals surface area contributed by atoms with Crippen molar-refractivity contribution in [1.82, 2.24) is 5.32 Å². The van der Waals surface area contributed by atoms with Crippen LogP contribution in [-0.2, 0) is 0 Å². The van der Waals surface area contributed by atoms with Crippen molar-refractivity contribution in [1.29, 1.82) is 0 Å². The van der Waals surface area contributed by atoms with Gasteiger partial charge in [-0.2, -0.15) is 11.8 Å². The zero-order chi connectivity index (χ0) is 12.0. The van der Waals surface area contributed by atoms with Gasteiger partial charge in [0.15, 0.2) is 0 Å². The summed E-state index contributed by atoms with van der Waals surface area (Å²) in [4.78, 5) is 0. The average Bonchev–Trinajstić information content (AvgIpc) is 2.28. The fourth-order valence-electron chi connectivity index (χ4n) is 2.33. The molecule has 4 nitrogen and oxygen atoms in total. The molecule has 0 aliphatic heterocycles. The van der Waals surface area contributed by atoms with Crippen molar-refractivity contribution in [3.63, 3.8) is 0 Å². The fraction of sp³-hybridized carbons (Fsp3) is 0.909. The minimum atomic E-state index is 0.279. The van der Waals surface area contributed by atoms with E-state index in [0.717, 1.165) is 5.25 Å². The van der Waals surface area contributed by atoms with Gasteiger partial charge in [-0.25, -0.2) is 0 Å². The first-order valence-electron chi connectivity index (χ1n) is 5.91. The van der Waals surface area contributed by atoms with Gasteiger partial charge in [-0.15, -0.1) is 0 Å². The molecule has 1 aliphatic carbocycles. The van der Waals surface area contributed by atoms with Crippen molar-refractivity contribution in [2.45, 2.75) is 56.4 Å². The quantitative estimate of drug-likeness (QED) is 0.299. The SMILES string of the molecule is CSC1CCCC(NC(C)CC(N)=NO)C1. The lowest BCUT2D eigenvalue weighted by atomic mass is 9.94. The number of thioether (sulfide) groups is 1. The van der Waals surface area contributed by atoms with Crippen molar-refractivity contribution in [2.75, 3.05) is 6.26 Å². The summed E-state index contributed by atoms with van der Waals surface area (Å²) in [6.07, 6.45) is 7.93. The van der Waals surface area contributed by atoms with Crippen LogP contribution in [0.5, 0.6) is 0 Å². The molecule has 5 heteroatoms. The normalized spacial score (nSPS) is 29.0. The molecule has 4 N–H and O–H groups in total. The zero-order valence-electron chi connectivity index (χ0n) is 10.1. The highest BCUT2D eigenvalue weighted by Gasteiger charge is 2.22. The van der Waals surface area contributed by atoms with E-state index in [1.165, 1.54) is 25.7 Å². The van der Waals surface area contributed by atoms with E-state index in [2.05, 4.69) is 23.7 Å². The Morgan fingerprint density at radius 1 is 1.62 bits per heavy atom. The summed E-state index contributed by atoms with van der Waals surface area (Å²) >= 11 is 1.97. The van der Waals surface area contributed by atoms with Gasteiger partial charge in [0.25, 0.3) is 0 Å². The summed E-state index contributed by atoms with van der Waals surface area (Å²) in [6, 6.07) is 0.870. The number of nitrogens with one attached hydrogen (secondary N) is 1. The van der Waals surface area contributed by atoms with Crippen LogP contribution in [0.1, 0.15) is 39.0 Å². The van der Waals surface area contributed by atoms with Crippen LogP contribution in [0.3, 0.4) is 0 Å². The van der Waals surface area contributed by atoms with E-state index >= 15 is 0 Å². The predicted octanol–water partition coefficient (Wildman–Crippen LogP) is 1.78. The van der Waals surface area contributed by atoms with Gasteiger partial charge in [-0.3, -0.25) is 0 Å². The molecule has 0 radical (unpaired) electrons. The molecule has 0 heterocycles. The number of rotatable bonds is 5. The minimum absolute atomic E-state index is 0.279. The molecular weight excluding hydrogens is 222 g/mol. The Morgan fingerprint density at radius 3 is 3.00 bits per heavy atom. The Morgan fingerprint density at radius 2 is 2.38 bits per heavy atom. The third-order valence-electron chi connectivity index (χ3n) is 3.12. The number of hydrogen-bond donors (Lipinski definition) is 3. The van der Waals surface area contributed by atoms with Gasteiger partial charge in [0.05, 0.1) is 0 Å². The second-order valence-corrected chi connectivity index (χ2v) is 5.72. The summed E-state index contributed by atoms with van der Waals surface area (Å²) < 4.78 is 0. The molecule has 0 bridgehead atoms. The predicted molar refractivity (Wildman–Crippen MR) is 70.2 cm³/mol. The largest absolute Gasteiger partial charge is 0.409 e. The summed E-state index contributed by atoms with van der Waals surface area (Å²) in [5.41, 5.74) is 5.49. The van der Waals surface area contributed by atoms with Gasteiger partial charge < -0.3 is 16.3 Å². The third kappa shape index (κ3) is 4.61. The Bertz CT molecular complexity index is 235. The minimum Gasteiger partial charge on any atom is -0.409 e. The molecule has 1 saturated carbocycles. The van der Waals surface area contributed by atoms with E-state index in [1.54, 1.807) is 0 Å². The summed E-state index contributed by atoms with van der Waals surface area (Å²) in [6.45, 7) is 2.08. The Labute approximate surface area is 102 Å². The van der Waals surface area contributed by atoms with E-state index in [0.29, 0.717) is 18.3 Å². The number of nitrogens with zero attached hydrogens (tertiary/aromatic N) is 1. The van der Waals surface area contributed by atoms with E-state index in [9.17, 15) is 0 Å². The van der Waals surface area contributed by atoms with Crippen LogP contribution in [0.2, 0.25) is 0 Å². The molecular formula is C11H23N3OS. The molecule has 3 unspecified atom stereocenters. The van der Waals surface area contributed by atoms with Gasteiger partial charge in [0.2, 0.25) is 0 Å². The summed E-state index contributed by atoms with van der Waals surface area (Å²) in [7, 11) is 0. The molecule has 3 atom stereocenters. The summed E-state index contributed by atoms with van der Waals surface area (Å²) in [5.74, 6) is 0.303. The van der Waals surface area contributed by atoms with Crippen LogP contribution in [0, 0.1) is 0 Å². The third-order valence-corrected chi connectivity index (χ3v) is 4.22. The maximum Gasteiger partial charge on any atom is 0.140 e. The molecule has 0 spiro atoms. The molecule has 0 aromatic rings. The van der Waals surface area contributed by atoms with Crippen LogP contribution in [0.15, 0.2) is 5.16 Å².